The van der Waals surface area contributed by atoms with Gasteiger partial charge >= 0.3 is 0 Å². The molecule has 1 heterocycles. The first-order chi connectivity index (χ1) is 13.1. The van der Waals surface area contributed by atoms with Crippen LogP contribution in [0.15, 0.2) is 54.6 Å². The van der Waals surface area contributed by atoms with E-state index in [0.717, 1.165) is 26.1 Å². The number of hydrogen-bond acceptors (Lipinski definition) is 2. The lowest BCUT2D eigenvalue weighted by atomic mass is 10.0. The van der Waals surface area contributed by atoms with Crippen LogP contribution in [0.2, 0.25) is 0 Å². The molecule has 0 atom stereocenters. The second kappa shape index (κ2) is 9.20. The quantitative estimate of drug-likeness (QED) is 0.519. The van der Waals surface area contributed by atoms with Gasteiger partial charge in [0.2, 0.25) is 0 Å². The first kappa shape index (κ1) is 19.7. The summed E-state index contributed by atoms with van der Waals surface area (Å²) in [6.45, 7) is 12.2. The number of fused-ring (bicyclic) bond motifs is 1. The Hall–Kier alpha value is -2.10. The number of hydrogen-bond donors (Lipinski definition) is 2. The Balaban J connectivity index is 1.68. The summed E-state index contributed by atoms with van der Waals surface area (Å²) in [4.78, 5) is 6.17. The zero-order chi connectivity index (χ0) is 19.2. The number of para-hydroxylation sites is 1. The molecule has 1 aromatic heterocycles. The van der Waals surface area contributed by atoms with Gasteiger partial charge in [-0.25, -0.2) is 0 Å². The molecular weight excluding hydrogens is 330 g/mol. The molecular formula is C24H33N3. The number of H-pyrrole nitrogens is 1. The first-order valence-corrected chi connectivity index (χ1v) is 10.2. The average molecular weight is 364 g/mol. The van der Waals surface area contributed by atoms with Crippen molar-refractivity contribution in [1.82, 2.24) is 15.2 Å². The van der Waals surface area contributed by atoms with Crippen LogP contribution in [0.25, 0.3) is 22.2 Å². The van der Waals surface area contributed by atoms with E-state index in [1.54, 1.807) is 0 Å². The molecule has 2 N–H and O–H groups in total. The third-order valence-electron chi connectivity index (χ3n) is 5.30. The van der Waals surface area contributed by atoms with Crippen molar-refractivity contribution >= 4 is 10.9 Å². The Morgan fingerprint density at radius 1 is 0.852 bits per heavy atom. The van der Waals surface area contributed by atoms with Crippen molar-refractivity contribution in [1.29, 1.82) is 0 Å². The van der Waals surface area contributed by atoms with Crippen LogP contribution in [0.5, 0.6) is 0 Å². The Labute approximate surface area is 163 Å². The Kier molecular flexibility index (Phi) is 6.70. The van der Waals surface area contributed by atoms with E-state index in [4.69, 9.17) is 0 Å². The van der Waals surface area contributed by atoms with Crippen molar-refractivity contribution < 1.29 is 0 Å². The predicted octanol–water partition coefficient (Wildman–Crippen LogP) is 5.09. The summed E-state index contributed by atoms with van der Waals surface area (Å²) in [5.74, 6) is 0. The van der Waals surface area contributed by atoms with E-state index in [0.29, 0.717) is 12.1 Å². The fourth-order valence-corrected chi connectivity index (χ4v) is 3.97. The molecule has 27 heavy (non-hydrogen) atoms. The molecule has 0 fully saturated rings. The Morgan fingerprint density at radius 2 is 1.52 bits per heavy atom. The van der Waals surface area contributed by atoms with E-state index in [2.05, 4.69) is 97.5 Å². The molecule has 3 heteroatoms. The highest BCUT2D eigenvalue weighted by atomic mass is 15.2. The fourth-order valence-electron chi connectivity index (χ4n) is 3.97. The zero-order valence-electron chi connectivity index (χ0n) is 17.1. The second-order valence-electron chi connectivity index (χ2n) is 7.82. The van der Waals surface area contributed by atoms with Crippen LogP contribution in [-0.2, 0) is 6.42 Å². The summed E-state index contributed by atoms with van der Waals surface area (Å²) in [7, 11) is 0. The molecule has 0 aliphatic carbocycles. The number of nitrogens with one attached hydrogen (secondary N) is 2. The van der Waals surface area contributed by atoms with E-state index in [1.165, 1.54) is 27.7 Å². The van der Waals surface area contributed by atoms with Crippen molar-refractivity contribution in [2.45, 2.75) is 46.2 Å². The lowest BCUT2D eigenvalue weighted by Gasteiger charge is -2.30. The van der Waals surface area contributed by atoms with Gasteiger partial charge in [-0.2, -0.15) is 0 Å². The Morgan fingerprint density at radius 3 is 2.22 bits per heavy atom. The molecule has 0 bridgehead atoms. The fraction of sp³-hybridized carbons (Fsp3) is 0.417. The van der Waals surface area contributed by atoms with Gasteiger partial charge < -0.3 is 10.3 Å². The second-order valence-corrected chi connectivity index (χ2v) is 7.82. The third-order valence-corrected chi connectivity index (χ3v) is 5.30. The summed E-state index contributed by atoms with van der Waals surface area (Å²) < 4.78 is 0. The lowest BCUT2D eigenvalue weighted by molar-refractivity contribution is 0.176. The highest BCUT2D eigenvalue weighted by molar-refractivity contribution is 5.90. The molecule has 3 rings (SSSR count). The first-order valence-electron chi connectivity index (χ1n) is 10.2. The molecule has 2 aromatic carbocycles. The molecule has 0 spiro atoms. The average Bonchev–Trinajstić information content (AvgIpc) is 3.03. The molecule has 144 valence electrons. The van der Waals surface area contributed by atoms with Gasteiger partial charge in [-0.15, -0.1) is 0 Å². The van der Waals surface area contributed by atoms with Crippen molar-refractivity contribution in [2.75, 3.05) is 19.6 Å². The van der Waals surface area contributed by atoms with Crippen LogP contribution >= 0.6 is 0 Å². The number of aromatic nitrogens is 1. The molecule has 0 aliphatic rings. The monoisotopic (exact) mass is 363 g/mol. The van der Waals surface area contributed by atoms with Gasteiger partial charge in [0.05, 0.1) is 0 Å². The van der Waals surface area contributed by atoms with E-state index < -0.39 is 0 Å². The SMILES string of the molecule is CC(C)N(CCNCCc1c(-c2ccccc2)[nH]c2ccccc12)C(C)C. The molecule has 0 unspecified atom stereocenters. The number of nitrogens with zero attached hydrogens (tertiary/aromatic N) is 1. The van der Waals surface area contributed by atoms with E-state index >= 15 is 0 Å². The summed E-state index contributed by atoms with van der Waals surface area (Å²) in [6.07, 6.45) is 1.03. The van der Waals surface area contributed by atoms with Crippen LogP contribution < -0.4 is 5.32 Å². The predicted molar refractivity (Wildman–Crippen MR) is 117 cm³/mol. The van der Waals surface area contributed by atoms with Gasteiger partial charge in [-0.1, -0.05) is 48.5 Å². The lowest BCUT2D eigenvalue weighted by Crippen LogP contribution is -2.41. The van der Waals surface area contributed by atoms with Gasteiger partial charge in [0.15, 0.2) is 0 Å². The number of rotatable bonds is 9. The van der Waals surface area contributed by atoms with Crippen LogP contribution in [0.4, 0.5) is 0 Å². The number of benzene rings is 2. The maximum absolute atomic E-state index is 3.65. The summed E-state index contributed by atoms with van der Waals surface area (Å²) in [5, 5.41) is 4.99. The van der Waals surface area contributed by atoms with Gasteiger partial charge in [0.25, 0.3) is 0 Å². The minimum absolute atomic E-state index is 0.588. The molecule has 0 aliphatic heterocycles. The molecule has 0 radical (unpaired) electrons. The number of aromatic amines is 1. The smallest absolute Gasteiger partial charge is 0.0497 e. The van der Waals surface area contributed by atoms with Crippen LogP contribution in [-0.4, -0.2) is 41.6 Å². The van der Waals surface area contributed by atoms with Gasteiger partial charge in [-0.3, -0.25) is 4.90 Å². The normalized spacial score (nSPS) is 12.0. The standard InChI is InChI=1S/C24H33N3/c1-18(2)27(19(3)4)17-16-25-15-14-22-21-12-8-9-13-23(21)26-24(22)20-10-6-5-7-11-20/h5-13,18-19,25-26H,14-17H2,1-4H3. The molecule has 0 saturated heterocycles. The van der Waals surface area contributed by atoms with Crippen LogP contribution in [0.1, 0.15) is 33.3 Å². The minimum Gasteiger partial charge on any atom is -0.354 e. The van der Waals surface area contributed by atoms with E-state index in [9.17, 15) is 0 Å². The summed E-state index contributed by atoms with van der Waals surface area (Å²) in [5.41, 5.74) is 5.14. The third kappa shape index (κ3) is 4.79. The molecule has 0 amide bonds. The van der Waals surface area contributed by atoms with Gasteiger partial charge in [-0.05, 0) is 57.9 Å². The van der Waals surface area contributed by atoms with Crippen molar-refractivity contribution in [3.05, 3.63) is 60.2 Å². The van der Waals surface area contributed by atoms with Crippen molar-refractivity contribution in [2.24, 2.45) is 0 Å². The molecule has 0 saturated carbocycles. The van der Waals surface area contributed by atoms with Crippen molar-refractivity contribution in [3.8, 4) is 11.3 Å². The topological polar surface area (TPSA) is 31.1 Å². The highest BCUT2D eigenvalue weighted by Gasteiger charge is 2.14. The maximum Gasteiger partial charge on any atom is 0.0497 e. The highest BCUT2D eigenvalue weighted by Crippen LogP contribution is 2.30. The molecule has 3 aromatic rings. The summed E-state index contributed by atoms with van der Waals surface area (Å²) >= 11 is 0. The minimum atomic E-state index is 0.588. The van der Waals surface area contributed by atoms with E-state index in [1.807, 2.05) is 0 Å². The zero-order valence-corrected chi connectivity index (χ0v) is 17.1. The van der Waals surface area contributed by atoms with Gasteiger partial charge in [0, 0.05) is 41.8 Å². The van der Waals surface area contributed by atoms with Crippen molar-refractivity contribution in [3.63, 3.8) is 0 Å². The van der Waals surface area contributed by atoms with Gasteiger partial charge in [0.1, 0.15) is 0 Å². The largest absolute Gasteiger partial charge is 0.354 e. The van der Waals surface area contributed by atoms with Crippen LogP contribution in [0.3, 0.4) is 0 Å². The van der Waals surface area contributed by atoms with Crippen LogP contribution in [0, 0.1) is 0 Å². The summed E-state index contributed by atoms with van der Waals surface area (Å²) in [6, 6.07) is 20.5. The van der Waals surface area contributed by atoms with E-state index in [-0.39, 0.29) is 0 Å². The molecule has 3 nitrogen and oxygen atoms in total. The Bertz CT molecular complexity index is 825. The maximum atomic E-state index is 3.65.